The molecule has 0 spiro atoms. The summed E-state index contributed by atoms with van der Waals surface area (Å²) in [6.45, 7) is 6.26. The number of benzene rings is 1. The SMILES string of the molecule is Cc1ccc(-c2cc(C(=O)N3CC[C@@]4(C)[C@@H]3CCCCCN4C)no2)cc1. The van der Waals surface area contributed by atoms with Crippen LogP contribution in [0.25, 0.3) is 11.3 Å². The summed E-state index contributed by atoms with van der Waals surface area (Å²) < 4.78 is 5.49. The zero-order chi connectivity index (χ0) is 19.0. The smallest absolute Gasteiger partial charge is 0.276 e. The van der Waals surface area contributed by atoms with Gasteiger partial charge in [-0.05, 0) is 46.7 Å². The lowest BCUT2D eigenvalue weighted by molar-refractivity contribution is 0.0485. The second-order valence-electron chi connectivity index (χ2n) is 8.33. The van der Waals surface area contributed by atoms with E-state index in [9.17, 15) is 4.79 Å². The number of amides is 1. The molecule has 27 heavy (non-hydrogen) atoms. The van der Waals surface area contributed by atoms with Gasteiger partial charge in [0, 0.05) is 23.7 Å². The summed E-state index contributed by atoms with van der Waals surface area (Å²) in [4.78, 5) is 17.7. The van der Waals surface area contributed by atoms with Crippen molar-refractivity contribution in [1.29, 1.82) is 0 Å². The third-order valence-corrected chi connectivity index (χ3v) is 6.62. The molecule has 2 atom stereocenters. The van der Waals surface area contributed by atoms with Crippen LogP contribution in [0.4, 0.5) is 0 Å². The van der Waals surface area contributed by atoms with Gasteiger partial charge in [-0.1, -0.05) is 47.8 Å². The highest BCUT2D eigenvalue weighted by Gasteiger charge is 2.48. The Kier molecular flexibility index (Phi) is 4.81. The van der Waals surface area contributed by atoms with Crippen LogP contribution in [0.5, 0.6) is 0 Å². The summed E-state index contributed by atoms with van der Waals surface area (Å²) in [7, 11) is 2.21. The van der Waals surface area contributed by atoms with E-state index in [1.54, 1.807) is 6.07 Å². The van der Waals surface area contributed by atoms with Gasteiger partial charge in [-0.15, -0.1) is 0 Å². The predicted octanol–water partition coefficient (Wildman–Crippen LogP) is 4.13. The van der Waals surface area contributed by atoms with Gasteiger partial charge in [0.15, 0.2) is 11.5 Å². The van der Waals surface area contributed by atoms with Crippen molar-refractivity contribution in [2.45, 2.75) is 57.5 Å². The Balaban J connectivity index is 1.57. The number of carbonyl (C=O) groups is 1. The van der Waals surface area contributed by atoms with Crippen molar-refractivity contribution in [3.8, 4) is 11.3 Å². The minimum absolute atomic E-state index is 0.000176. The van der Waals surface area contributed by atoms with Gasteiger partial charge in [0.1, 0.15) is 0 Å². The largest absolute Gasteiger partial charge is 0.355 e. The van der Waals surface area contributed by atoms with Gasteiger partial charge in [-0.3, -0.25) is 9.69 Å². The topological polar surface area (TPSA) is 49.6 Å². The lowest BCUT2D eigenvalue weighted by Gasteiger charge is -2.43. The van der Waals surface area contributed by atoms with E-state index < -0.39 is 0 Å². The molecule has 2 aliphatic rings. The minimum atomic E-state index is -0.000176. The summed E-state index contributed by atoms with van der Waals surface area (Å²) >= 11 is 0. The Labute approximate surface area is 161 Å². The van der Waals surface area contributed by atoms with Crippen molar-refractivity contribution in [3.63, 3.8) is 0 Å². The van der Waals surface area contributed by atoms with Crippen molar-refractivity contribution in [2.24, 2.45) is 0 Å². The first-order chi connectivity index (χ1) is 13.0. The normalized spacial score (nSPS) is 26.5. The third kappa shape index (κ3) is 3.29. The highest BCUT2D eigenvalue weighted by molar-refractivity contribution is 5.93. The molecule has 0 aliphatic carbocycles. The molecule has 4 rings (SSSR count). The van der Waals surface area contributed by atoms with Crippen molar-refractivity contribution in [2.75, 3.05) is 20.1 Å². The third-order valence-electron chi connectivity index (χ3n) is 6.62. The number of fused-ring (bicyclic) bond motifs is 1. The molecule has 3 heterocycles. The molecular formula is C22H29N3O2. The zero-order valence-electron chi connectivity index (χ0n) is 16.6. The first kappa shape index (κ1) is 18.2. The van der Waals surface area contributed by atoms with Crippen LogP contribution in [0.2, 0.25) is 0 Å². The molecule has 0 radical (unpaired) electrons. The summed E-state index contributed by atoms with van der Waals surface area (Å²) in [5.74, 6) is 0.648. The van der Waals surface area contributed by atoms with E-state index >= 15 is 0 Å². The number of nitrogens with zero attached hydrogens (tertiary/aromatic N) is 3. The van der Waals surface area contributed by atoms with Gasteiger partial charge >= 0.3 is 0 Å². The number of hydrogen-bond acceptors (Lipinski definition) is 4. The maximum absolute atomic E-state index is 13.2. The van der Waals surface area contributed by atoms with Crippen molar-refractivity contribution < 1.29 is 9.32 Å². The molecule has 5 heteroatoms. The van der Waals surface area contributed by atoms with Gasteiger partial charge in [0.25, 0.3) is 5.91 Å². The number of hydrogen-bond donors (Lipinski definition) is 0. The minimum Gasteiger partial charge on any atom is -0.355 e. The summed E-state index contributed by atoms with van der Waals surface area (Å²) in [5, 5.41) is 4.10. The second-order valence-corrected chi connectivity index (χ2v) is 8.33. The first-order valence-electron chi connectivity index (χ1n) is 10.0. The fourth-order valence-corrected chi connectivity index (χ4v) is 4.66. The fraction of sp³-hybridized carbons (Fsp3) is 0.545. The summed E-state index contributed by atoms with van der Waals surface area (Å²) in [6.07, 6.45) is 5.75. The van der Waals surface area contributed by atoms with Crippen LogP contribution in [-0.2, 0) is 0 Å². The van der Waals surface area contributed by atoms with Gasteiger partial charge in [-0.25, -0.2) is 0 Å². The van der Waals surface area contributed by atoms with E-state index in [1.807, 2.05) is 29.2 Å². The van der Waals surface area contributed by atoms with E-state index in [0.717, 1.165) is 31.5 Å². The monoisotopic (exact) mass is 367 g/mol. The molecule has 1 aromatic carbocycles. The first-order valence-corrected chi connectivity index (χ1v) is 10.0. The lowest BCUT2D eigenvalue weighted by Crippen LogP contribution is -2.55. The van der Waals surface area contributed by atoms with Crippen LogP contribution in [0.3, 0.4) is 0 Å². The van der Waals surface area contributed by atoms with Gasteiger partial charge in [0.05, 0.1) is 6.04 Å². The molecule has 2 aromatic rings. The molecule has 2 saturated heterocycles. The Morgan fingerprint density at radius 1 is 1.19 bits per heavy atom. The summed E-state index contributed by atoms with van der Waals surface area (Å²) in [6, 6.07) is 10.1. The van der Waals surface area contributed by atoms with Crippen LogP contribution < -0.4 is 0 Å². The van der Waals surface area contributed by atoms with E-state index in [1.165, 1.54) is 24.8 Å². The maximum atomic E-state index is 13.2. The highest BCUT2D eigenvalue weighted by atomic mass is 16.5. The van der Waals surface area contributed by atoms with Crippen LogP contribution in [0, 0.1) is 6.92 Å². The molecule has 2 aliphatic heterocycles. The molecule has 1 aromatic heterocycles. The number of carbonyl (C=O) groups excluding carboxylic acids is 1. The number of rotatable bonds is 2. The maximum Gasteiger partial charge on any atom is 0.276 e. The standard InChI is InChI=1S/C22H29N3O2/c1-16-8-10-17(11-9-16)19-15-18(23-27-19)21(26)25-14-12-22(2)20(25)7-5-4-6-13-24(22)3/h8-11,15,20H,4-7,12-14H2,1-3H3/t20-,22-/m0/s1. The van der Waals surface area contributed by atoms with E-state index in [0.29, 0.717) is 11.5 Å². The zero-order valence-corrected chi connectivity index (χ0v) is 16.6. The highest BCUT2D eigenvalue weighted by Crippen LogP contribution is 2.38. The quantitative estimate of drug-likeness (QED) is 0.801. The van der Waals surface area contributed by atoms with Crippen LogP contribution in [0.15, 0.2) is 34.9 Å². The molecule has 0 unspecified atom stereocenters. The Hall–Kier alpha value is -2.14. The summed E-state index contributed by atoms with van der Waals surface area (Å²) in [5.41, 5.74) is 2.61. The predicted molar refractivity (Wildman–Crippen MR) is 106 cm³/mol. The van der Waals surface area contributed by atoms with Crippen molar-refractivity contribution >= 4 is 5.91 Å². The van der Waals surface area contributed by atoms with Crippen LogP contribution >= 0.6 is 0 Å². The Bertz CT molecular complexity index is 813. The van der Waals surface area contributed by atoms with Gasteiger partial charge in [0.2, 0.25) is 0 Å². The van der Waals surface area contributed by atoms with Crippen molar-refractivity contribution in [3.05, 3.63) is 41.6 Å². The van der Waals surface area contributed by atoms with Crippen LogP contribution in [0.1, 0.15) is 55.1 Å². The Morgan fingerprint density at radius 2 is 1.96 bits per heavy atom. The fourth-order valence-electron chi connectivity index (χ4n) is 4.66. The average Bonchev–Trinajstić information content (AvgIpc) is 3.26. The van der Waals surface area contributed by atoms with E-state index in [2.05, 4.69) is 31.0 Å². The van der Waals surface area contributed by atoms with Gasteiger partial charge in [-0.2, -0.15) is 0 Å². The number of aromatic nitrogens is 1. The molecule has 2 fully saturated rings. The molecular weight excluding hydrogens is 338 g/mol. The number of likely N-dealkylation sites (N-methyl/N-ethyl adjacent to an activating group) is 1. The van der Waals surface area contributed by atoms with Crippen molar-refractivity contribution in [1.82, 2.24) is 15.0 Å². The second kappa shape index (κ2) is 7.12. The van der Waals surface area contributed by atoms with Gasteiger partial charge < -0.3 is 9.42 Å². The van der Waals surface area contributed by atoms with E-state index in [-0.39, 0.29) is 17.5 Å². The molecule has 144 valence electrons. The lowest BCUT2D eigenvalue weighted by atomic mass is 9.85. The molecule has 1 amide bonds. The molecule has 0 bridgehead atoms. The number of aryl methyl sites for hydroxylation is 1. The Morgan fingerprint density at radius 3 is 2.74 bits per heavy atom. The molecule has 0 saturated carbocycles. The van der Waals surface area contributed by atoms with E-state index in [4.69, 9.17) is 4.52 Å². The van der Waals surface area contributed by atoms with Crippen LogP contribution in [-0.4, -0.2) is 52.6 Å². The number of likely N-dealkylation sites (tertiary alicyclic amines) is 2. The molecule has 5 nitrogen and oxygen atoms in total. The molecule has 0 N–H and O–H groups in total. The average molecular weight is 367 g/mol.